The van der Waals surface area contributed by atoms with Crippen LogP contribution >= 0.6 is 0 Å². The van der Waals surface area contributed by atoms with E-state index in [9.17, 15) is 9.90 Å². The standard InChI is InChI=1S/C12H17NO4/c1-12(16,11(14)15)8-13-10-6-4-3-5-9(10)7-17-2/h3-6,13,16H,7-8H2,1-2H3,(H,14,15). The summed E-state index contributed by atoms with van der Waals surface area (Å²) < 4.78 is 5.03. The maximum atomic E-state index is 10.7. The van der Waals surface area contributed by atoms with Gasteiger partial charge in [0.15, 0.2) is 5.60 Å². The molecule has 0 heterocycles. The molecule has 0 bridgehead atoms. The van der Waals surface area contributed by atoms with Crippen molar-refractivity contribution in [1.29, 1.82) is 0 Å². The second-order valence-electron chi connectivity index (χ2n) is 4.02. The van der Waals surface area contributed by atoms with E-state index in [4.69, 9.17) is 9.84 Å². The lowest BCUT2D eigenvalue weighted by atomic mass is 10.1. The minimum Gasteiger partial charge on any atom is -0.479 e. The fourth-order valence-electron chi connectivity index (χ4n) is 1.32. The van der Waals surface area contributed by atoms with Gasteiger partial charge < -0.3 is 20.3 Å². The molecular formula is C12H17NO4. The molecule has 0 aliphatic rings. The van der Waals surface area contributed by atoms with E-state index >= 15 is 0 Å². The zero-order valence-corrected chi connectivity index (χ0v) is 9.93. The summed E-state index contributed by atoms with van der Waals surface area (Å²) in [5.41, 5.74) is -0.118. The maximum absolute atomic E-state index is 10.7. The van der Waals surface area contributed by atoms with Crippen molar-refractivity contribution < 1.29 is 19.7 Å². The predicted octanol–water partition coefficient (Wildman–Crippen LogP) is 1.08. The van der Waals surface area contributed by atoms with Crippen LogP contribution in [0.5, 0.6) is 0 Å². The number of carboxylic acids is 1. The molecular weight excluding hydrogens is 222 g/mol. The van der Waals surface area contributed by atoms with E-state index in [0.29, 0.717) is 6.61 Å². The second-order valence-corrected chi connectivity index (χ2v) is 4.02. The van der Waals surface area contributed by atoms with Gasteiger partial charge in [0.2, 0.25) is 0 Å². The molecule has 0 aliphatic heterocycles. The molecule has 0 spiro atoms. The van der Waals surface area contributed by atoms with E-state index in [0.717, 1.165) is 11.3 Å². The molecule has 0 saturated carbocycles. The number of nitrogens with one attached hydrogen (secondary N) is 1. The van der Waals surface area contributed by atoms with E-state index < -0.39 is 11.6 Å². The largest absolute Gasteiger partial charge is 0.479 e. The summed E-state index contributed by atoms with van der Waals surface area (Å²) in [7, 11) is 1.59. The zero-order chi connectivity index (χ0) is 12.9. The molecule has 17 heavy (non-hydrogen) atoms. The molecule has 94 valence electrons. The van der Waals surface area contributed by atoms with Crippen LogP contribution in [0.3, 0.4) is 0 Å². The second kappa shape index (κ2) is 5.65. The first kappa shape index (κ1) is 13.5. The average molecular weight is 239 g/mol. The van der Waals surface area contributed by atoms with Crippen molar-refractivity contribution in [2.75, 3.05) is 19.0 Å². The molecule has 5 heteroatoms. The number of hydrogen-bond acceptors (Lipinski definition) is 4. The van der Waals surface area contributed by atoms with Crippen molar-refractivity contribution in [3.63, 3.8) is 0 Å². The molecule has 1 rings (SSSR count). The van der Waals surface area contributed by atoms with E-state index in [-0.39, 0.29) is 6.54 Å². The highest BCUT2D eigenvalue weighted by molar-refractivity contribution is 5.77. The third kappa shape index (κ3) is 3.72. The van der Waals surface area contributed by atoms with Crippen molar-refractivity contribution in [2.45, 2.75) is 19.1 Å². The summed E-state index contributed by atoms with van der Waals surface area (Å²) in [5.74, 6) is -1.26. The zero-order valence-electron chi connectivity index (χ0n) is 9.93. The topological polar surface area (TPSA) is 78.8 Å². The highest BCUT2D eigenvalue weighted by Crippen LogP contribution is 2.17. The Morgan fingerprint density at radius 1 is 1.47 bits per heavy atom. The molecule has 1 aromatic rings. The van der Waals surface area contributed by atoms with Gasteiger partial charge in [0.05, 0.1) is 13.2 Å². The molecule has 0 fully saturated rings. The Balaban J connectivity index is 2.72. The Morgan fingerprint density at radius 3 is 2.71 bits per heavy atom. The number of para-hydroxylation sites is 1. The van der Waals surface area contributed by atoms with Crippen molar-refractivity contribution in [3.05, 3.63) is 29.8 Å². The molecule has 0 saturated heterocycles. The van der Waals surface area contributed by atoms with Crippen LogP contribution in [-0.4, -0.2) is 35.4 Å². The number of aliphatic hydroxyl groups is 1. The summed E-state index contributed by atoms with van der Waals surface area (Å²) >= 11 is 0. The Kier molecular flexibility index (Phi) is 4.48. The van der Waals surface area contributed by atoms with Crippen LogP contribution in [0.15, 0.2) is 24.3 Å². The highest BCUT2D eigenvalue weighted by Gasteiger charge is 2.29. The lowest BCUT2D eigenvalue weighted by Crippen LogP contribution is -2.41. The van der Waals surface area contributed by atoms with Crippen LogP contribution < -0.4 is 5.32 Å². The Morgan fingerprint density at radius 2 is 2.12 bits per heavy atom. The van der Waals surface area contributed by atoms with Crippen LogP contribution in [-0.2, 0) is 16.1 Å². The van der Waals surface area contributed by atoms with Gasteiger partial charge in [-0.15, -0.1) is 0 Å². The number of anilines is 1. The third-order valence-corrected chi connectivity index (χ3v) is 2.40. The monoisotopic (exact) mass is 239 g/mol. The van der Waals surface area contributed by atoms with Gasteiger partial charge in [0.25, 0.3) is 0 Å². The molecule has 5 nitrogen and oxygen atoms in total. The van der Waals surface area contributed by atoms with Crippen LogP contribution in [0.2, 0.25) is 0 Å². The Labute approximate surface area is 100 Å². The van der Waals surface area contributed by atoms with Gasteiger partial charge in [-0.1, -0.05) is 18.2 Å². The molecule has 0 amide bonds. The van der Waals surface area contributed by atoms with Crippen LogP contribution in [0, 0.1) is 0 Å². The van der Waals surface area contributed by atoms with Crippen LogP contribution in [0.1, 0.15) is 12.5 Å². The van der Waals surface area contributed by atoms with Gasteiger partial charge in [-0.25, -0.2) is 4.79 Å². The third-order valence-electron chi connectivity index (χ3n) is 2.40. The summed E-state index contributed by atoms with van der Waals surface area (Å²) in [6, 6.07) is 7.39. The number of ether oxygens (including phenoxy) is 1. The van der Waals surface area contributed by atoms with Crippen molar-refractivity contribution in [3.8, 4) is 0 Å². The number of carboxylic acid groups (broad SMARTS) is 1. The highest BCUT2D eigenvalue weighted by atomic mass is 16.5. The molecule has 1 unspecified atom stereocenters. The fourth-order valence-corrected chi connectivity index (χ4v) is 1.32. The first-order valence-corrected chi connectivity index (χ1v) is 5.24. The molecule has 1 aromatic carbocycles. The summed E-state index contributed by atoms with van der Waals surface area (Å²) in [5, 5.41) is 21.3. The van der Waals surface area contributed by atoms with E-state index in [1.807, 2.05) is 24.3 Å². The quantitative estimate of drug-likeness (QED) is 0.692. The number of carbonyl (C=O) groups is 1. The summed E-state index contributed by atoms with van der Waals surface area (Å²) in [4.78, 5) is 10.7. The number of methoxy groups -OCH3 is 1. The average Bonchev–Trinajstić information content (AvgIpc) is 2.28. The number of aliphatic carboxylic acids is 1. The normalized spacial score (nSPS) is 14.1. The van der Waals surface area contributed by atoms with Gasteiger partial charge in [0.1, 0.15) is 0 Å². The van der Waals surface area contributed by atoms with Crippen molar-refractivity contribution in [1.82, 2.24) is 0 Å². The van der Waals surface area contributed by atoms with Crippen LogP contribution in [0.25, 0.3) is 0 Å². The SMILES string of the molecule is COCc1ccccc1NCC(C)(O)C(=O)O. The molecule has 1 atom stereocenters. The van der Waals surface area contributed by atoms with Gasteiger partial charge in [-0.3, -0.25) is 0 Å². The Hall–Kier alpha value is -1.59. The van der Waals surface area contributed by atoms with E-state index in [1.165, 1.54) is 6.92 Å². The van der Waals surface area contributed by atoms with Crippen molar-refractivity contribution >= 4 is 11.7 Å². The summed E-state index contributed by atoms with van der Waals surface area (Å²) in [6.45, 7) is 1.61. The van der Waals surface area contributed by atoms with Gasteiger partial charge >= 0.3 is 5.97 Å². The fraction of sp³-hybridized carbons (Fsp3) is 0.417. The van der Waals surface area contributed by atoms with Gasteiger partial charge in [0, 0.05) is 18.4 Å². The van der Waals surface area contributed by atoms with Crippen molar-refractivity contribution in [2.24, 2.45) is 0 Å². The first-order valence-electron chi connectivity index (χ1n) is 5.24. The first-order chi connectivity index (χ1) is 7.97. The number of benzene rings is 1. The minimum atomic E-state index is -1.79. The Bertz CT molecular complexity index is 390. The number of rotatable bonds is 6. The smallest absolute Gasteiger partial charge is 0.337 e. The van der Waals surface area contributed by atoms with E-state index in [1.54, 1.807) is 7.11 Å². The molecule has 3 N–H and O–H groups in total. The van der Waals surface area contributed by atoms with Gasteiger partial charge in [-0.05, 0) is 13.0 Å². The molecule has 0 aromatic heterocycles. The summed E-state index contributed by atoms with van der Waals surface area (Å²) in [6.07, 6.45) is 0. The van der Waals surface area contributed by atoms with Crippen LogP contribution in [0.4, 0.5) is 5.69 Å². The number of hydrogen-bond donors (Lipinski definition) is 3. The maximum Gasteiger partial charge on any atom is 0.337 e. The lowest BCUT2D eigenvalue weighted by Gasteiger charge is -2.20. The van der Waals surface area contributed by atoms with E-state index in [2.05, 4.69) is 5.32 Å². The molecule has 0 aliphatic carbocycles. The minimum absolute atomic E-state index is 0.0664. The van der Waals surface area contributed by atoms with Gasteiger partial charge in [-0.2, -0.15) is 0 Å². The predicted molar refractivity (Wildman–Crippen MR) is 63.9 cm³/mol. The molecule has 0 radical (unpaired) electrons. The lowest BCUT2D eigenvalue weighted by molar-refractivity contribution is -0.155.